The van der Waals surface area contributed by atoms with Crippen molar-refractivity contribution in [1.82, 2.24) is 9.97 Å². The molecule has 2 amide bonds. The zero-order chi connectivity index (χ0) is 39.1. The molecule has 16 nitrogen and oxygen atoms in total. The van der Waals surface area contributed by atoms with Gasteiger partial charge in [-0.25, -0.2) is 18.3 Å². The molecule has 4 heterocycles. The molecular formula is C38H44N8O8S. The van der Waals surface area contributed by atoms with Gasteiger partial charge in [-0.05, 0) is 102 Å². The van der Waals surface area contributed by atoms with Crippen LogP contribution in [0.2, 0.25) is 0 Å². The molecule has 2 aromatic carbocycles. The van der Waals surface area contributed by atoms with Crippen LogP contribution in [-0.4, -0.2) is 77.5 Å². The van der Waals surface area contributed by atoms with Gasteiger partial charge in [0.1, 0.15) is 0 Å². The number of carbonyl (C=O) groups is 2. The van der Waals surface area contributed by atoms with E-state index in [1.54, 1.807) is 20.8 Å². The average molecular weight is 773 g/mol. The van der Waals surface area contributed by atoms with Crippen molar-refractivity contribution < 1.29 is 27.9 Å². The molecule has 0 bridgehead atoms. The molecule has 2 saturated heterocycles. The summed E-state index contributed by atoms with van der Waals surface area (Å²) in [6.07, 6.45) is 9.67. The van der Waals surface area contributed by atoms with E-state index in [0.717, 1.165) is 56.3 Å². The molecule has 17 heteroatoms. The third-order valence-electron chi connectivity index (χ3n) is 12.4. The molecule has 0 unspecified atom stereocenters. The molecule has 4 fully saturated rings. The topological polar surface area (TPSA) is 193 Å². The zero-order valence-electron chi connectivity index (χ0n) is 31.2. The van der Waals surface area contributed by atoms with E-state index in [4.69, 9.17) is 0 Å². The van der Waals surface area contributed by atoms with Gasteiger partial charge in [0.25, 0.3) is 23.2 Å². The summed E-state index contributed by atoms with van der Waals surface area (Å²) < 4.78 is 27.4. The Morgan fingerprint density at radius 1 is 0.745 bits per heavy atom. The van der Waals surface area contributed by atoms with Crippen LogP contribution in [-0.2, 0) is 16.4 Å². The van der Waals surface area contributed by atoms with Crippen LogP contribution in [0.1, 0.15) is 98.4 Å². The number of non-ortho nitro benzene ring substituents is 2. The lowest BCUT2D eigenvalue weighted by atomic mass is 9.92. The first-order valence-electron chi connectivity index (χ1n) is 18.9. The minimum atomic E-state index is -3.94. The molecular weight excluding hydrogens is 729 g/mol. The third-order valence-corrected chi connectivity index (χ3v) is 14.9. The van der Waals surface area contributed by atoms with E-state index >= 15 is 9.59 Å². The Morgan fingerprint density at radius 3 is 1.60 bits per heavy atom. The molecule has 1 aromatic heterocycles. The maximum atomic E-state index is 15.1. The summed E-state index contributed by atoms with van der Waals surface area (Å²) in [5.74, 6) is -2.08. The maximum Gasteiger partial charge on any atom is 0.271 e. The summed E-state index contributed by atoms with van der Waals surface area (Å²) >= 11 is 0. The Labute approximate surface area is 318 Å². The number of benzene rings is 2. The number of imide groups is 1. The number of aromatic nitrogens is 2. The fraction of sp³-hybridized carbons (Fsp3) is 0.526. The number of sulfonamides is 1. The minimum Gasteiger partial charge on any atom is -0.371 e. The maximum absolute atomic E-state index is 15.1. The molecule has 290 valence electrons. The highest BCUT2D eigenvalue weighted by atomic mass is 32.2. The second-order valence-corrected chi connectivity index (χ2v) is 19.4. The molecule has 0 radical (unpaired) electrons. The summed E-state index contributed by atoms with van der Waals surface area (Å²) in [5.41, 5.74) is 1.21. The fourth-order valence-corrected chi connectivity index (χ4v) is 9.62. The number of anilines is 4. The van der Waals surface area contributed by atoms with E-state index in [2.05, 4.69) is 9.97 Å². The standard InChI is InChI=1S/C38H44N8O8S/c1-36(2,3)55(53,54)43-17-8-25-24-39-35(40-32(25)43)44(33(47)28-6-4-26(45(49)50)22-30(28)41-18-13-37(9-10-37)14-19-41)34(48)29-7-5-27(46(51)52)23-31(29)42-20-15-38(11-12-38)16-21-42/h4-7,22-24H,8-21H2,1-3H3. The van der Waals surface area contributed by atoms with Gasteiger partial charge in [0, 0.05) is 68.7 Å². The van der Waals surface area contributed by atoms with Crippen molar-refractivity contribution in [1.29, 1.82) is 0 Å². The predicted octanol–water partition coefficient (Wildman–Crippen LogP) is 6.03. The van der Waals surface area contributed by atoms with Crippen molar-refractivity contribution >= 4 is 56.4 Å². The van der Waals surface area contributed by atoms with Crippen molar-refractivity contribution in [2.75, 3.05) is 51.7 Å². The molecule has 8 rings (SSSR count). The molecule has 0 N–H and O–H groups in total. The molecule has 0 atom stereocenters. The van der Waals surface area contributed by atoms with Crippen molar-refractivity contribution in [3.63, 3.8) is 0 Å². The van der Waals surface area contributed by atoms with Crippen LogP contribution in [0.4, 0.5) is 34.5 Å². The van der Waals surface area contributed by atoms with Gasteiger partial charge in [0.2, 0.25) is 16.0 Å². The van der Waals surface area contributed by atoms with Crippen LogP contribution in [0, 0.1) is 31.1 Å². The van der Waals surface area contributed by atoms with E-state index in [0.29, 0.717) is 49.5 Å². The zero-order valence-corrected chi connectivity index (χ0v) is 32.0. The quantitative estimate of drug-likeness (QED) is 0.147. The Balaban J connectivity index is 1.26. The first kappa shape index (κ1) is 36.8. The number of carbonyl (C=O) groups excluding carboxylic acids is 2. The molecule has 3 aliphatic heterocycles. The molecule has 2 spiro atoms. The van der Waals surface area contributed by atoms with E-state index in [1.165, 1.54) is 46.9 Å². The molecule has 5 aliphatic rings. The highest BCUT2D eigenvalue weighted by Gasteiger charge is 2.47. The van der Waals surface area contributed by atoms with Gasteiger partial charge in [-0.15, -0.1) is 0 Å². The number of piperidine rings is 2. The molecule has 55 heavy (non-hydrogen) atoms. The normalized spacial score (nSPS) is 19.7. The smallest absolute Gasteiger partial charge is 0.271 e. The summed E-state index contributed by atoms with van der Waals surface area (Å²) in [4.78, 5) is 66.9. The van der Waals surface area contributed by atoms with Gasteiger partial charge in [0.05, 0.1) is 37.1 Å². The van der Waals surface area contributed by atoms with Crippen LogP contribution in [0.3, 0.4) is 0 Å². The Hall–Kier alpha value is -5.19. The Bertz CT molecular complexity index is 2120. The second kappa shape index (κ2) is 13.0. The first-order chi connectivity index (χ1) is 26.0. The number of hydrogen-bond acceptors (Lipinski definition) is 12. The SMILES string of the molecule is CC(C)(C)S(=O)(=O)N1CCc2cnc(N(C(=O)c3ccc([N+](=O)[O-])cc3N3CCC4(CC3)CC4)C(=O)c3ccc([N+](=O)[O-])cc3N3CCC4(CC3)CC4)nc21. The van der Waals surface area contributed by atoms with E-state index in [9.17, 15) is 28.6 Å². The highest BCUT2D eigenvalue weighted by molar-refractivity contribution is 7.94. The largest absolute Gasteiger partial charge is 0.371 e. The van der Waals surface area contributed by atoms with Gasteiger partial charge in [0.15, 0.2) is 5.82 Å². The van der Waals surface area contributed by atoms with Crippen LogP contribution in [0.15, 0.2) is 42.6 Å². The third kappa shape index (κ3) is 6.55. The second-order valence-electron chi connectivity index (χ2n) is 16.8. The molecule has 3 aromatic rings. The van der Waals surface area contributed by atoms with E-state index in [1.807, 2.05) is 9.80 Å². The Kier molecular flexibility index (Phi) is 8.66. The van der Waals surface area contributed by atoms with Gasteiger partial charge in [-0.2, -0.15) is 4.98 Å². The van der Waals surface area contributed by atoms with Crippen molar-refractivity contribution in [3.05, 3.63) is 79.5 Å². The van der Waals surface area contributed by atoms with Gasteiger partial charge < -0.3 is 9.80 Å². The number of rotatable bonds is 8. The first-order valence-corrected chi connectivity index (χ1v) is 20.3. The van der Waals surface area contributed by atoms with E-state index in [-0.39, 0.29) is 51.6 Å². The number of nitro benzene ring substituents is 2. The summed E-state index contributed by atoms with van der Waals surface area (Å²) in [6, 6.07) is 7.79. The van der Waals surface area contributed by atoms with Gasteiger partial charge >= 0.3 is 0 Å². The van der Waals surface area contributed by atoms with Crippen molar-refractivity contribution in [3.8, 4) is 0 Å². The number of nitrogens with zero attached hydrogens (tertiary/aromatic N) is 8. The lowest BCUT2D eigenvalue weighted by Crippen LogP contribution is -2.43. The fourth-order valence-electron chi connectivity index (χ4n) is 8.25. The lowest BCUT2D eigenvalue weighted by molar-refractivity contribution is -0.385. The number of amides is 2. The number of fused-ring (bicyclic) bond motifs is 1. The molecule has 2 saturated carbocycles. The van der Waals surface area contributed by atoms with Gasteiger partial charge in [-0.1, -0.05) is 0 Å². The van der Waals surface area contributed by atoms with Crippen LogP contribution >= 0.6 is 0 Å². The summed E-state index contributed by atoms with van der Waals surface area (Å²) in [6.45, 7) is 7.07. The Morgan fingerprint density at radius 2 is 1.20 bits per heavy atom. The molecule has 2 aliphatic carbocycles. The predicted molar refractivity (Wildman–Crippen MR) is 205 cm³/mol. The van der Waals surface area contributed by atoms with Crippen LogP contribution in [0.5, 0.6) is 0 Å². The van der Waals surface area contributed by atoms with Crippen LogP contribution in [0.25, 0.3) is 0 Å². The average Bonchev–Trinajstić information content (AvgIpc) is 4.06. The number of hydrogen-bond donors (Lipinski definition) is 0. The van der Waals surface area contributed by atoms with Crippen molar-refractivity contribution in [2.24, 2.45) is 10.8 Å². The summed E-state index contributed by atoms with van der Waals surface area (Å²) in [5, 5.41) is 24.0. The van der Waals surface area contributed by atoms with E-state index < -0.39 is 36.4 Å². The van der Waals surface area contributed by atoms with Crippen molar-refractivity contribution in [2.45, 2.75) is 83.3 Å². The summed E-state index contributed by atoms with van der Waals surface area (Å²) in [7, 11) is -3.94. The highest BCUT2D eigenvalue weighted by Crippen LogP contribution is 2.55. The monoisotopic (exact) mass is 772 g/mol. The minimum absolute atomic E-state index is 0.00562. The number of nitro groups is 2. The van der Waals surface area contributed by atoms with Crippen LogP contribution < -0.4 is 19.0 Å². The van der Waals surface area contributed by atoms with Gasteiger partial charge in [-0.3, -0.25) is 34.1 Å². The lowest BCUT2D eigenvalue weighted by Gasteiger charge is -2.36.